The topological polar surface area (TPSA) is 131 Å². The van der Waals surface area contributed by atoms with Crippen LogP contribution in [-0.2, 0) is 9.84 Å². The van der Waals surface area contributed by atoms with E-state index in [-0.39, 0.29) is 17.2 Å². The van der Waals surface area contributed by atoms with Crippen LogP contribution in [0, 0.1) is 0 Å². The summed E-state index contributed by atoms with van der Waals surface area (Å²) in [6.07, 6.45) is 3.45. The van der Waals surface area contributed by atoms with E-state index in [1.165, 1.54) is 36.8 Å². The molecule has 1 aromatic heterocycles. The van der Waals surface area contributed by atoms with Gasteiger partial charge in [-0.3, -0.25) is 4.79 Å². The number of anilines is 1. The van der Waals surface area contributed by atoms with E-state index >= 15 is 0 Å². The second kappa shape index (κ2) is 8.97. The van der Waals surface area contributed by atoms with Crippen LogP contribution < -0.4 is 14.8 Å². The number of ether oxygens (including phenoxy) is 2. The Kier molecular flexibility index (Phi) is 6.38. The molecule has 0 spiro atoms. The first-order valence-electron chi connectivity index (χ1n) is 8.95. The molecule has 0 fully saturated rings. The minimum atomic E-state index is -3.31. The smallest absolute Gasteiger partial charge is 0.273 e. The SMILES string of the molecule is C[C@@H](CO)Oc1cc(NC(=O)c2cnc[nH]2)cc(Oc2ccc(S(C)(=O)=O)cc2)c1. The van der Waals surface area contributed by atoms with Crippen molar-refractivity contribution in [1.29, 1.82) is 0 Å². The number of nitrogens with zero attached hydrogens (tertiary/aromatic N) is 1. The fourth-order valence-electron chi connectivity index (χ4n) is 2.51. The highest BCUT2D eigenvalue weighted by Gasteiger charge is 2.12. The third-order valence-electron chi connectivity index (χ3n) is 3.96. The van der Waals surface area contributed by atoms with Gasteiger partial charge in [-0.05, 0) is 31.2 Å². The Morgan fingerprint density at radius 1 is 1.17 bits per heavy atom. The Labute approximate surface area is 173 Å². The van der Waals surface area contributed by atoms with E-state index < -0.39 is 21.8 Å². The van der Waals surface area contributed by atoms with Crippen LogP contribution in [0.2, 0.25) is 0 Å². The lowest BCUT2D eigenvalue weighted by Gasteiger charge is -2.15. The van der Waals surface area contributed by atoms with Gasteiger partial charge in [0.1, 0.15) is 29.0 Å². The summed E-state index contributed by atoms with van der Waals surface area (Å²) in [5.41, 5.74) is 0.684. The molecule has 0 aliphatic heterocycles. The van der Waals surface area contributed by atoms with Crippen molar-refractivity contribution in [3.05, 3.63) is 60.7 Å². The van der Waals surface area contributed by atoms with Crippen molar-refractivity contribution in [3.63, 3.8) is 0 Å². The maximum atomic E-state index is 12.3. The molecule has 0 aliphatic rings. The number of aromatic nitrogens is 2. The molecule has 10 heteroatoms. The molecule has 3 aromatic rings. The quantitative estimate of drug-likeness (QED) is 0.500. The zero-order valence-electron chi connectivity index (χ0n) is 16.3. The van der Waals surface area contributed by atoms with Gasteiger partial charge in [-0.25, -0.2) is 13.4 Å². The largest absolute Gasteiger partial charge is 0.488 e. The predicted molar refractivity (Wildman–Crippen MR) is 110 cm³/mol. The van der Waals surface area contributed by atoms with Gasteiger partial charge in [0.15, 0.2) is 9.84 Å². The maximum Gasteiger partial charge on any atom is 0.273 e. The second-order valence-corrected chi connectivity index (χ2v) is 8.58. The monoisotopic (exact) mass is 431 g/mol. The van der Waals surface area contributed by atoms with Crippen molar-refractivity contribution >= 4 is 21.4 Å². The van der Waals surface area contributed by atoms with Crippen LogP contribution in [0.15, 0.2) is 59.9 Å². The first kappa shape index (κ1) is 21.3. The molecule has 0 unspecified atom stereocenters. The first-order chi connectivity index (χ1) is 14.2. The van der Waals surface area contributed by atoms with Crippen LogP contribution in [0.1, 0.15) is 17.4 Å². The minimum absolute atomic E-state index is 0.177. The summed E-state index contributed by atoms with van der Waals surface area (Å²) < 4.78 is 34.6. The van der Waals surface area contributed by atoms with Crippen LogP contribution in [-0.4, -0.2) is 48.4 Å². The molecule has 9 nitrogen and oxygen atoms in total. The van der Waals surface area contributed by atoms with Gasteiger partial charge in [0.25, 0.3) is 5.91 Å². The summed E-state index contributed by atoms with van der Waals surface area (Å²) in [6.45, 7) is 1.51. The maximum absolute atomic E-state index is 12.3. The van der Waals surface area contributed by atoms with E-state index in [9.17, 15) is 18.3 Å². The van der Waals surface area contributed by atoms with Gasteiger partial charge in [-0.2, -0.15) is 0 Å². The van der Waals surface area contributed by atoms with Gasteiger partial charge in [0.2, 0.25) is 0 Å². The van der Waals surface area contributed by atoms with E-state index in [1.54, 1.807) is 25.1 Å². The molecule has 158 valence electrons. The molecule has 30 heavy (non-hydrogen) atoms. The van der Waals surface area contributed by atoms with Gasteiger partial charge < -0.3 is 24.9 Å². The number of rotatable bonds is 8. The number of nitrogens with one attached hydrogen (secondary N) is 2. The van der Waals surface area contributed by atoms with Crippen molar-refractivity contribution in [1.82, 2.24) is 9.97 Å². The summed E-state index contributed by atoms with van der Waals surface area (Å²) in [7, 11) is -3.31. The van der Waals surface area contributed by atoms with Crippen LogP contribution in [0.4, 0.5) is 5.69 Å². The second-order valence-electron chi connectivity index (χ2n) is 6.57. The number of aliphatic hydroxyl groups is 1. The van der Waals surface area contributed by atoms with E-state index in [2.05, 4.69) is 15.3 Å². The normalized spacial score (nSPS) is 12.2. The van der Waals surface area contributed by atoms with Crippen molar-refractivity contribution in [2.75, 3.05) is 18.2 Å². The third-order valence-corrected chi connectivity index (χ3v) is 5.09. The average molecular weight is 431 g/mol. The third kappa shape index (κ3) is 5.58. The molecule has 3 N–H and O–H groups in total. The molecule has 0 saturated carbocycles. The van der Waals surface area contributed by atoms with Crippen LogP contribution in [0.3, 0.4) is 0 Å². The van der Waals surface area contributed by atoms with E-state index in [1.807, 2.05) is 0 Å². The Morgan fingerprint density at radius 3 is 2.47 bits per heavy atom. The first-order valence-corrected chi connectivity index (χ1v) is 10.8. The fraction of sp³-hybridized carbons (Fsp3) is 0.200. The lowest BCUT2D eigenvalue weighted by molar-refractivity contribution is 0.102. The van der Waals surface area contributed by atoms with Gasteiger partial charge >= 0.3 is 0 Å². The molecule has 0 aliphatic carbocycles. The van der Waals surface area contributed by atoms with E-state index in [4.69, 9.17) is 9.47 Å². The Bertz CT molecular complexity index is 1110. The lowest BCUT2D eigenvalue weighted by atomic mass is 10.2. The fourth-order valence-corrected chi connectivity index (χ4v) is 3.14. The van der Waals surface area contributed by atoms with Gasteiger partial charge in [0.05, 0.1) is 24.0 Å². The van der Waals surface area contributed by atoms with Crippen molar-refractivity contribution in [2.24, 2.45) is 0 Å². The summed E-state index contributed by atoms with van der Waals surface area (Å²) in [6, 6.07) is 10.7. The molecule has 0 radical (unpaired) electrons. The number of sulfone groups is 1. The molecule has 2 aromatic carbocycles. The van der Waals surface area contributed by atoms with Crippen molar-refractivity contribution in [2.45, 2.75) is 17.9 Å². The number of aliphatic hydroxyl groups excluding tert-OH is 1. The Balaban J connectivity index is 1.86. The number of carbonyl (C=O) groups is 1. The van der Waals surface area contributed by atoms with Crippen molar-refractivity contribution in [3.8, 4) is 17.2 Å². The molecular weight excluding hydrogens is 410 g/mol. The average Bonchev–Trinajstić information content (AvgIpc) is 3.22. The molecule has 1 atom stereocenters. The predicted octanol–water partition coefficient (Wildman–Crippen LogP) is 2.62. The summed E-state index contributed by atoms with van der Waals surface area (Å²) >= 11 is 0. The number of H-pyrrole nitrogens is 1. The minimum Gasteiger partial charge on any atom is -0.488 e. The zero-order valence-corrected chi connectivity index (χ0v) is 17.1. The van der Waals surface area contributed by atoms with Crippen LogP contribution in [0.5, 0.6) is 17.2 Å². The Morgan fingerprint density at radius 2 is 1.87 bits per heavy atom. The highest BCUT2D eigenvalue weighted by atomic mass is 32.2. The molecule has 0 bridgehead atoms. The molecule has 3 rings (SSSR count). The van der Waals surface area contributed by atoms with Gasteiger partial charge in [-0.1, -0.05) is 0 Å². The number of amides is 1. The number of benzene rings is 2. The van der Waals surface area contributed by atoms with Crippen LogP contribution in [0.25, 0.3) is 0 Å². The number of hydrogen-bond donors (Lipinski definition) is 3. The molecular formula is C20H21N3O6S. The van der Waals surface area contributed by atoms with Crippen molar-refractivity contribution < 1.29 is 27.8 Å². The van der Waals surface area contributed by atoms with Crippen LogP contribution >= 0.6 is 0 Å². The highest BCUT2D eigenvalue weighted by molar-refractivity contribution is 7.90. The summed E-state index contributed by atoms with van der Waals surface area (Å²) in [5.74, 6) is 0.732. The van der Waals surface area contributed by atoms with Gasteiger partial charge in [0, 0.05) is 30.1 Å². The van der Waals surface area contributed by atoms with E-state index in [0.29, 0.717) is 22.9 Å². The molecule has 0 saturated heterocycles. The Hall–Kier alpha value is -3.37. The lowest BCUT2D eigenvalue weighted by Crippen LogP contribution is -2.17. The molecule has 1 amide bonds. The number of aromatic amines is 1. The van der Waals surface area contributed by atoms with E-state index in [0.717, 1.165) is 6.26 Å². The number of carbonyl (C=O) groups excluding carboxylic acids is 1. The number of hydrogen-bond acceptors (Lipinski definition) is 7. The highest BCUT2D eigenvalue weighted by Crippen LogP contribution is 2.31. The van der Waals surface area contributed by atoms with Gasteiger partial charge in [-0.15, -0.1) is 0 Å². The number of imidazole rings is 1. The molecule has 1 heterocycles. The zero-order chi connectivity index (χ0) is 21.7. The summed E-state index contributed by atoms with van der Waals surface area (Å²) in [4.78, 5) is 19.0. The summed E-state index contributed by atoms with van der Waals surface area (Å²) in [5, 5.41) is 12.0. The standard InChI is InChI=1S/C20H21N3O6S/c1-13(11-24)28-16-7-14(23-20(25)19-10-21-12-22-19)8-17(9-16)29-15-3-5-18(6-4-15)30(2,26)27/h3-10,12-13,24H,11H2,1-2H3,(H,21,22)(H,23,25)/t13-/m0/s1.